The second-order valence-electron chi connectivity index (χ2n) is 14.1. The van der Waals surface area contributed by atoms with Gasteiger partial charge < -0.3 is 14.6 Å². The lowest BCUT2D eigenvalue weighted by Gasteiger charge is -2.50. The molecule has 6 atom stereocenters. The molecule has 2 heterocycles. The van der Waals surface area contributed by atoms with Crippen LogP contribution in [-0.4, -0.2) is 59.0 Å². The van der Waals surface area contributed by atoms with Crippen LogP contribution in [0, 0.1) is 23.7 Å². The summed E-state index contributed by atoms with van der Waals surface area (Å²) in [6.45, 7) is 0.102. The number of hydrogen-bond donors (Lipinski definition) is 2. The maximum absolute atomic E-state index is 15.4. The van der Waals surface area contributed by atoms with Crippen LogP contribution in [0.4, 0.5) is 5.69 Å². The van der Waals surface area contributed by atoms with Crippen molar-refractivity contribution in [2.45, 2.75) is 30.7 Å². The van der Waals surface area contributed by atoms with Crippen LogP contribution in [0.15, 0.2) is 109 Å². The molecule has 1 saturated carbocycles. The highest BCUT2D eigenvalue weighted by atomic mass is 35.5. The number of hydrogen-bond acceptors (Lipinski definition) is 8. The summed E-state index contributed by atoms with van der Waals surface area (Å²) in [5.41, 5.74) is 4.86. The van der Waals surface area contributed by atoms with E-state index in [1.54, 1.807) is 43.5 Å². The molecule has 2 aliphatic carbocycles. The van der Waals surface area contributed by atoms with Crippen LogP contribution in [-0.2, 0) is 31.1 Å². The van der Waals surface area contributed by atoms with Gasteiger partial charge in [0.1, 0.15) is 18.1 Å². The van der Waals surface area contributed by atoms with Gasteiger partial charge in [0.2, 0.25) is 11.8 Å². The van der Waals surface area contributed by atoms with Crippen molar-refractivity contribution in [1.82, 2.24) is 9.91 Å². The quantitative estimate of drug-likeness (QED) is 0.138. The summed E-state index contributed by atoms with van der Waals surface area (Å²) in [6, 6.07) is 28.6. The molecule has 4 aromatic rings. The number of anilines is 1. The highest BCUT2D eigenvalue weighted by Gasteiger charge is 2.70. The Balaban J connectivity index is 1.29. The second-order valence-corrected chi connectivity index (χ2v) is 14.9. The zero-order valence-corrected chi connectivity index (χ0v) is 30.8. The molecule has 276 valence electrons. The monoisotopic (exact) mass is 765 g/mol. The van der Waals surface area contributed by atoms with E-state index in [0.29, 0.717) is 34.2 Å². The molecule has 8 rings (SSSR count). The minimum Gasteiger partial charge on any atom is -0.497 e. The first-order valence-corrected chi connectivity index (χ1v) is 18.6. The van der Waals surface area contributed by atoms with Crippen molar-refractivity contribution >= 4 is 52.5 Å². The van der Waals surface area contributed by atoms with Crippen molar-refractivity contribution in [1.29, 1.82) is 0 Å². The van der Waals surface area contributed by atoms with Gasteiger partial charge in [-0.3, -0.25) is 29.5 Å². The van der Waals surface area contributed by atoms with Gasteiger partial charge in [0.05, 0.1) is 54.1 Å². The van der Waals surface area contributed by atoms with E-state index in [4.69, 9.17) is 32.7 Å². The number of carbonyl (C=O) groups excluding carboxylic acids is 4. The summed E-state index contributed by atoms with van der Waals surface area (Å²) < 4.78 is 11.2. The molecule has 0 aromatic heterocycles. The third-order valence-corrected chi connectivity index (χ3v) is 12.0. The molecule has 54 heavy (non-hydrogen) atoms. The molecule has 0 radical (unpaired) electrons. The van der Waals surface area contributed by atoms with Gasteiger partial charge in [-0.05, 0) is 77.9 Å². The number of amides is 4. The van der Waals surface area contributed by atoms with Gasteiger partial charge in [-0.2, -0.15) is 5.01 Å². The Morgan fingerprint density at radius 2 is 1.57 bits per heavy atom. The molecule has 4 aliphatic rings. The van der Waals surface area contributed by atoms with Crippen molar-refractivity contribution in [2.75, 3.05) is 25.7 Å². The molecule has 10 nitrogen and oxygen atoms in total. The number of nitrogens with zero attached hydrogens (tertiary/aromatic N) is 2. The maximum Gasteiger partial charge on any atom is 0.260 e. The second kappa shape index (κ2) is 14.2. The molecule has 2 saturated heterocycles. The summed E-state index contributed by atoms with van der Waals surface area (Å²) in [7, 11) is 1.56. The first-order chi connectivity index (χ1) is 26.2. The topological polar surface area (TPSA) is 125 Å². The maximum atomic E-state index is 15.4. The lowest BCUT2D eigenvalue weighted by Crippen LogP contribution is -2.53. The summed E-state index contributed by atoms with van der Waals surface area (Å²) >= 11 is 12.7. The van der Waals surface area contributed by atoms with Gasteiger partial charge in [-0.25, -0.2) is 0 Å². The van der Waals surface area contributed by atoms with Crippen LogP contribution in [0.5, 0.6) is 11.5 Å². The highest BCUT2D eigenvalue weighted by molar-refractivity contribution is 6.36. The molecular weight excluding hydrogens is 729 g/mol. The lowest BCUT2D eigenvalue weighted by molar-refractivity contribution is -0.142. The zero-order chi connectivity index (χ0) is 37.7. The van der Waals surface area contributed by atoms with Crippen molar-refractivity contribution in [2.24, 2.45) is 23.7 Å². The molecular formula is C42H37Cl2N3O7. The number of aliphatic hydroxyl groups is 1. The summed E-state index contributed by atoms with van der Waals surface area (Å²) in [5.74, 6) is -3.84. The number of benzene rings is 4. The normalized spacial score (nSPS) is 25.9. The number of aliphatic hydroxyl groups excluding tert-OH is 1. The minimum atomic E-state index is -1.48. The number of methoxy groups -OCH3 is 1. The molecule has 2 aliphatic heterocycles. The van der Waals surface area contributed by atoms with Gasteiger partial charge in [0.15, 0.2) is 0 Å². The summed E-state index contributed by atoms with van der Waals surface area (Å²) in [6.07, 6.45) is 2.49. The van der Waals surface area contributed by atoms with Crippen molar-refractivity contribution < 1.29 is 33.8 Å². The highest BCUT2D eigenvalue weighted by Crippen LogP contribution is 2.64. The van der Waals surface area contributed by atoms with E-state index in [-0.39, 0.29) is 43.0 Å². The van der Waals surface area contributed by atoms with E-state index in [9.17, 15) is 19.5 Å². The number of imide groups is 2. The molecule has 6 unspecified atom stereocenters. The number of rotatable bonds is 10. The van der Waals surface area contributed by atoms with Crippen LogP contribution in [0.3, 0.4) is 0 Å². The number of hydrazine groups is 1. The van der Waals surface area contributed by atoms with Crippen LogP contribution < -0.4 is 14.9 Å². The summed E-state index contributed by atoms with van der Waals surface area (Å²) in [4.78, 5) is 60.1. The van der Waals surface area contributed by atoms with Gasteiger partial charge in [0.25, 0.3) is 11.8 Å². The van der Waals surface area contributed by atoms with Gasteiger partial charge in [-0.15, -0.1) is 0 Å². The van der Waals surface area contributed by atoms with E-state index in [0.717, 1.165) is 21.7 Å². The van der Waals surface area contributed by atoms with Gasteiger partial charge in [-0.1, -0.05) is 89.4 Å². The van der Waals surface area contributed by atoms with Crippen molar-refractivity contribution in [3.05, 3.63) is 135 Å². The Labute approximate surface area is 322 Å². The van der Waals surface area contributed by atoms with Crippen molar-refractivity contribution in [3.8, 4) is 11.5 Å². The standard InChI is InChI=1S/C42H37Cl2N3O7/c1-53-28-14-9-26(10-15-28)42-33(39(50)47(41(42)52)45-35-18-11-27(43)21-34(35)44)22-32-30(37(42)25-7-12-29(13-8-25)54-20-19-48)16-17-31-36(32)40(51)46(38(31)49)23-24-5-3-2-4-6-24/h2-16,18,21,31-33,36-37,45,48H,17,19-20,22-23H2,1H3. The Morgan fingerprint density at radius 3 is 2.26 bits per heavy atom. The average Bonchev–Trinajstić information content (AvgIpc) is 3.55. The lowest BCUT2D eigenvalue weighted by atomic mass is 9.49. The van der Waals surface area contributed by atoms with E-state index >= 15 is 4.79 Å². The van der Waals surface area contributed by atoms with Gasteiger partial charge in [0, 0.05) is 10.9 Å². The number of allylic oxidation sites excluding steroid dienone is 2. The smallest absolute Gasteiger partial charge is 0.260 e. The fourth-order valence-corrected chi connectivity index (χ4v) is 9.58. The molecule has 0 spiro atoms. The van der Waals surface area contributed by atoms with E-state index < -0.39 is 46.8 Å². The fourth-order valence-electron chi connectivity index (χ4n) is 9.13. The predicted octanol–water partition coefficient (Wildman–Crippen LogP) is 6.56. The number of nitrogens with one attached hydrogen (secondary N) is 1. The Hall–Kier alpha value is -5.16. The van der Waals surface area contributed by atoms with Crippen LogP contribution in [0.1, 0.15) is 35.4 Å². The SMILES string of the molecule is COc1ccc(C23C(=O)N(Nc4ccc(Cl)cc4Cl)C(=O)C2CC2C(=CCC4C(=O)N(Cc5ccccc5)C(=O)C42)C3c2ccc(OCCO)cc2)cc1. The Bertz CT molecular complexity index is 2160. The fraction of sp³-hybridized carbons (Fsp3) is 0.286. The van der Waals surface area contributed by atoms with Gasteiger partial charge >= 0.3 is 0 Å². The third kappa shape index (κ3) is 5.75. The number of halogens is 2. The first kappa shape index (κ1) is 35.8. The van der Waals surface area contributed by atoms with Crippen molar-refractivity contribution in [3.63, 3.8) is 0 Å². The molecule has 3 fully saturated rings. The molecule has 0 bridgehead atoms. The number of likely N-dealkylation sites (tertiary alicyclic amines) is 1. The van der Waals surface area contributed by atoms with Crippen LogP contribution >= 0.6 is 23.2 Å². The van der Waals surface area contributed by atoms with E-state index in [2.05, 4.69) is 5.43 Å². The predicted molar refractivity (Wildman–Crippen MR) is 202 cm³/mol. The Kier molecular flexibility index (Phi) is 9.46. The molecule has 4 amide bonds. The Morgan fingerprint density at radius 1 is 0.852 bits per heavy atom. The molecule has 2 N–H and O–H groups in total. The van der Waals surface area contributed by atoms with Crippen LogP contribution in [0.25, 0.3) is 0 Å². The summed E-state index contributed by atoms with van der Waals surface area (Å²) in [5, 5.41) is 11.0. The average molecular weight is 767 g/mol. The van der Waals surface area contributed by atoms with E-state index in [1.165, 1.54) is 11.0 Å². The first-order valence-electron chi connectivity index (χ1n) is 17.8. The van der Waals surface area contributed by atoms with Crippen LogP contribution in [0.2, 0.25) is 10.0 Å². The number of carbonyl (C=O) groups is 4. The van der Waals surface area contributed by atoms with E-state index in [1.807, 2.05) is 60.7 Å². The number of fused-ring (bicyclic) bond motifs is 4. The minimum absolute atomic E-state index is 0.105. The third-order valence-electron chi connectivity index (χ3n) is 11.4. The molecule has 12 heteroatoms. The number of ether oxygens (including phenoxy) is 2. The largest absolute Gasteiger partial charge is 0.497 e. The zero-order valence-electron chi connectivity index (χ0n) is 29.3. The molecule has 4 aromatic carbocycles.